The van der Waals surface area contributed by atoms with Gasteiger partial charge in [0.25, 0.3) is 0 Å². The summed E-state index contributed by atoms with van der Waals surface area (Å²) in [6, 6.07) is 0.171. The van der Waals surface area contributed by atoms with Crippen molar-refractivity contribution in [1.82, 2.24) is 15.0 Å². The van der Waals surface area contributed by atoms with Gasteiger partial charge in [-0.3, -0.25) is 0 Å². The Morgan fingerprint density at radius 3 is 2.76 bits per heavy atom. The van der Waals surface area contributed by atoms with Crippen LogP contribution in [-0.4, -0.2) is 35.2 Å². The second kappa shape index (κ2) is 5.60. The maximum absolute atomic E-state index is 6.18. The van der Waals surface area contributed by atoms with Gasteiger partial charge in [-0.25, -0.2) is 0 Å². The van der Waals surface area contributed by atoms with Crippen molar-refractivity contribution in [3.8, 4) is 0 Å². The molecule has 1 atom stereocenters. The van der Waals surface area contributed by atoms with Gasteiger partial charge in [-0.05, 0) is 32.9 Å². The van der Waals surface area contributed by atoms with Gasteiger partial charge in [0.05, 0.1) is 6.54 Å². The van der Waals surface area contributed by atoms with Gasteiger partial charge in [-0.15, -0.1) is 0 Å². The van der Waals surface area contributed by atoms with Crippen molar-refractivity contribution in [3.05, 3.63) is 11.7 Å². The molecule has 5 nitrogen and oxygen atoms in total. The highest BCUT2D eigenvalue weighted by Crippen LogP contribution is 2.27. The third-order valence-electron chi connectivity index (χ3n) is 3.38. The molecule has 1 aliphatic carbocycles. The zero-order chi connectivity index (χ0) is 12.3. The molecule has 1 fully saturated rings. The SMILES string of the molecule is CN(C)Cc1noc(CC(N)C2CCCC2)n1. The number of rotatable bonds is 5. The third-order valence-corrected chi connectivity index (χ3v) is 3.38. The molecule has 0 aromatic carbocycles. The van der Waals surface area contributed by atoms with E-state index in [1.165, 1.54) is 25.7 Å². The quantitative estimate of drug-likeness (QED) is 0.834. The highest BCUT2D eigenvalue weighted by Gasteiger charge is 2.23. The highest BCUT2D eigenvalue weighted by atomic mass is 16.5. The van der Waals surface area contributed by atoms with Gasteiger partial charge in [-0.1, -0.05) is 18.0 Å². The van der Waals surface area contributed by atoms with E-state index in [-0.39, 0.29) is 6.04 Å². The van der Waals surface area contributed by atoms with Gasteiger partial charge in [0.2, 0.25) is 5.89 Å². The van der Waals surface area contributed by atoms with E-state index in [1.807, 2.05) is 19.0 Å². The van der Waals surface area contributed by atoms with Crippen LogP contribution in [0.3, 0.4) is 0 Å². The summed E-state index contributed by atoms with van der Waals surface area (Å²) in [7, 11) is 3.97. The van der Waals surface area contributed by atoms with Gasteiger partial charge in [0.1, 0.15) is 0 Å². The predicted molar refractivity (Wildman–Crippen MR) is 65.3 cm³/mol. The molecule has 0 saturated heterocycles. The fourth-order valence-electron chi connectivity index (χ4n) is 2.47. The maximum atomic E-state index is 6.18. The fraction of sp³-hybridized carbons (Fsp3) is 0.833. The number of nitrogens with two attached hydrogens (primary N) is 1. The van der Waals surface area contributed by atoms with Crippen LogP contribution < -0.4 is 5.73 Å². The lowest BCUT2D eigenvalue weighted by Gasteiger charge is -2.16. The van der Waals surface area contributed by atoms with Crippen LogP contribution in [0.2, 0.25) is 0 Å². The monoisotopic (exact) mass is 238 g/mol. The maximum Gasteiger partial charge on any atom is 0.228 e. The molecule has 1 aliphatic rings. The molecule has 0 amide bonds. The topological polar surface area (TPSA) is 68.2 Å². The van der Waals surface area contributed by atoms with E-state index in [1.54, 1.807) is 0 Å². The van der Waals surface area contributed by atoms with Gasteiger partial charge in [0, 0.05) is 12.5 Å². The molecular formula is C12H22N4O. The van der Waals surface area contributed by atoms with Crippen LogP contribution in [0.1, 0.15) is 37.4 Å². The summed E-state index contributed by atoms with van der Waals surface area (Å²) in [5.74, 6) is 2.06. The van der Waals surface area contributed by atoms with Crippen molar-refractivity contribution < 1.29 is 4.52 Å². The van der Waals surface area contributed by atoms with Crippen molar-refractivity contribution in [2.24, 2.45) is 11.7 Å². The molecule has 1 aromatic rings. The number of nitrogens with zero attached hydrogens (tertiary/aromatic N) is 3. The van der Waals surface area contributed by atoms with Crippen molar-refractivity contribution >= 4 is 0 Å². The summed E-state index contributed by atoms with van der Waals surface area (Å²) >= 11 is 0. The molecule has 1 saturated carbocycles. The highest BCUT2D eigenvalue weighted by molar-refractivity contribution is 4.91. The summed E-state index contributed by atoms with van der Waals surface area (Å²) in [6.45, 7) is 0.710. The summed E-state index contributed by atoms with van der Waals surface area (Å²) in [4.78, 5) is 6.38. The summed E-state index contributed by atoms with van der Waals surface area (Å²) in [5.41, 5.74) is 6.18. The van der Waals surface area contributed by atoms with E-state index in [2.05, 4.69) is 10.1 Å². The van der Waals surface area contributed by atoms with Gasteiger partial charge in [0.15, 0.2) is 5.82 Å². The molecule has 0 spiro atoms. The lowest BCUT2D eigenvalue weighted by atomic mass is 9.96. The van der Waals surface area contributed by atoms with Crippen LogP contribution in [0.25, 0.3) is 0 Å². The summed E-state index contributed by atoms with van der Waals surface area (Å²) in [6.07, 6.45) is 5.84. The zero-order valence-corrected chi connectivity index (χ0v) is 10.7. The molecule has 17 heavy (non-hydrogen) atoms. The van der Waals surface area contributed by atoms with Crippen LogP contribution in [0.15, 0.2) is 4.52 Å². The van der Waals surface area contributed by atoms with E-state index >= 15 is 0 Å². The predicted octanol–water partition coefficient (Wildman–Crippen LogP) is 1.19. The molecule has 5 heteroatoms. The summed E-state index contributed by atoms with van der Waals surface area (Å²) < 4.78 is 5.23. The van der Waals surface area contributed by atoms with E-state index < -0.39 is 0 Å². The number of hydrogen-bond donors (Lipinski definition) is 1. The molecule has 2 rings (SSSR count). The first kappa shape index (κ1) is 12.5. The minimum absolute atomic E-state index is 0.171. The Hall–Kier alpha value is -0.940. The van der Waals surface area contributed by atoms with E-state index in [0.29, 0.717) is 24.8 Å². The van der Waals surface area contributed by atoms with Crippen LogP contribution in [0.4, 0.5) is 0 Å². The molecule has 0 bridgehead atoms. The van der Waals surface area contributed by atoms with E-state index in [4.69, 9.17) is 10.3 Å². The first-order valence-corrected chi connectivity index (χ1v) is 6.37. The Morgan fingerprint density at radius 1 is 1.41 bits per heavy atom. The first-order valence-electron chi connectivity index (χ1n) is 6.37. The van der Waals surface area contributed by atoms with E-state index in [0.717, 1.165) is 5.82 Å². The smallest absolute Gasteiger partial charge is 0.228 e. The second-order valence-corrected chi connectivity index (χ2v) is 5.25. The minimum Gasteiger partial charge on any atom is -0.339 e. The second-order valence-electron chi connectivity index (χ2n) is 5.25. The molecule has 1 aromatic heterocycles. The average molecular weight is 238 g/mol. The minimum atomic E-state index is 0.171. The van der Waals surface area contributed by atoms with Crippen LogP contribution in [-0.2, 0) is 13.0 Å². The van der Waals surface area contributed by atoms with Crippen LogP contribution >= 0.6 is 0 Å². The lowest BCUT2D eigenvalue weighted by Crippen LogP contribution is -2.30. The van der Waals surface area contributed by atoms with Gasteiger partial charge < -0.3 is 15.2 Å². The van der Waals surface area contributed by atoms with Crippen molar-refractivity contribution in [1.29, 1.82) is 0 Å². The molecule has 0 aliphatic heterocycles. The average Bonchev–Trinajstić information content (AvgIpc) is 2.87. The normalized spacial score (nSPS) is 19.1. The first-order chi connectivity index (χ1) is 8.15. The fourth-order valence-corrected chi connectivity index (χ4v) is 2.47. The van der Waals surface area contributed by atoms with Gasteiger partial charge >= 0.3 is 0 Å². The molecule has 2 N–H and O–H groups in total. The Kier molecular flexibility index (Phi) is 4.12. The standard InChI is InChI=1S/C12H22N4O/c1-16(2)8-11-14-12(17-15-11)7-10(13)9-5-3-4-6-9/h9-10H,3-8,13H2,1-2H3. The summed E-state index contributed by atoms with van der Waals surface area (Å²) in [5, 5.41) is 3.95. The largest absolute Gasteiger partial charge is 0.339 e. The number of hydrogen-bond acceptors (Lipinski definition) is 5. The van der Waals surface area contributed by atoms with Gasteiger partial charge in [-0.2, -0.15) is 4.98 Å². The zero-order valence-electron chi connectivity index (χ0n) is 10.7. The lowest BCUT2D eigenvalue weighted by molar-refractivity contribution is 0.329. The van der Waals surface area contributed by atoms with Crippen LogP contribution in [0, 0.1) is 5.92 Å². The molecule has 1 heterocycles. The van der Waals surface area contributed by atoms with Crippen molar-refractivity contribution in [3.63, 3.8) is 0 Å². The molecule has 1 unspecified atom stereocenters. The van der Waals surface area contributed by atoms with Crippen molar-refractivity contribution in [2.75, 3.05) is 14.1 Å². The number of aromatic nitrogens is 2. The Bertz CT molecular complexity index is 344. The Labute approximate surface area is 102 Å². The Morgan fingerprint density at radius 2 is 2.12 bits per heavy atom. The van der Waals surface area contributed by atoms with Crippen molar-refractivity contribution in [2.45, 2.75) is 44.7 Å². The van der Waals surface area contributed by atoms with Crippen LogP contribution in [0.5, 0.6) is 0 Å². The molecular weight excluding hydrogens is 216 g/mol. The Balaban J connectivity index is 1.87. The molecule has 0 radical (unpaired) electrons. The molecule has 96 valence electrons. The third kappa shape index (κ3) is 3.51. The van der Waals surface area contributed by atoms with E-state index in [9.17, 15) is 0 Å².